The molecule has 134 valence electrons. The number of rotatable bonds is 4. The first kappa shape index (κ1) is 16.6. The molecule has 3 aromatic rings. The van der Waals surface area contributed by atoms with Gasteiger partial charge in [-0.1, -0.05) is 0 Å². The van der Waals surface area contributed by atoms with Gasteiger partial charge in [-0.2, -0.15) is 8.75 Å². The third kappa shape index (κ3) is 2.53. The zero-order valence-corrected chi connectivity index (χ0v) is 15.3. The number of nitrogens with one attached hydrogen (secondary N) is 1. The van der Waals surface area contributed by atoms with E-state index in [-0.39, 0.29) is 11.8 Å². The molecule has 1 amide bonds. The lowest BCUT2D eigenvalue weighted by Gasteiger charge is -2.27. The zero-order valence-electron chi connectivity index (χ0n) is 14.5. The monoisotopic (exact) mass is 371 g/mol. The Bertz CT molecular complexity index is 976. The maximum Gasteiger partial charge on any atom is 0.225 e. The molecule has 1 atom stereocenters. The zero-order chi connectivity index (χ0) is 18.3. The minimum atomic E-state index is -0.181. The number of carbonyl (C=O) groups excluding carboxylic acids is 1. The topological polar surface area (TPSA) is 82.6 Å². The van der Waals surface area contributed by atoms with E-state index in [1.807, 2.05) is 24.3 Å². The second-order valence-corrected chi connectivity index (χ2v) is 6.45. The standard InChI is InChI=1S/C18H17N3O4S/c1-23-13-6-9(7-14(24-2)18(13)25-3)10-8-15(22)19-11-4-5-12-17(16(10)11)21-26-20-12/h4-7,10H,8H2,1-3H3,(H,19,22)/t10-/m0/s1. The van der Waals surface area contributed by atoms with Crippen LogP contribution in [0, 0.1) is 0 Å². The third-order valence-corrected chi connectivity index (χ3v) is 5.11. The molecule has 0 saturated heterocycles. The summed E-state index contributed by atoms with van der Waals surface area (Å²) in [6, 6.07) is 7.51. The third-order valence-electron chi connectivity index (χ3n) is 4.57. The molecule has 0 fully saturated rings. The minimum Gasteiger partial charge on any atom is -0.493 e. The highest BCUT2D eigenvalue weighted by Gasteiger charge is 2.31. The Labute approximate surface area is 154 Å². The first-order valence-corrected chi connectivity index (χ1v) is 8.74. The summed E-state index contributed by atoms with van der Waals surface area (Å²) in [5, 5.41) is 2.93. The number of hydrogen-bond acceptors (Lipinski definition) is 7. The summed E-state index contributed by atoms with van der Waals surface area (Å²) in [5.41, 5.74) is 4.26. The fourth-order valence-electron chi connectivity index (χ4n) is 3.41. The molecule has 8 heteroatoms. The fraction of sp³-hybridized carbons (Fsp3) is 0.278. The van der Waals surface area contributed by atoms with Crippen LogP contribution in [0.4, 0.5) is 5.69 Å². The Morgan fingerprint density at radius 2 is 1.81 bits per heavy atom. The van der Waals surface area contributed by atoms with Crippen molar-refractivity contribution in [1.82, 2.24) is 8.75 Å². The maximum atomic E-state index is 12.3. The predicted molar refractivity (Wildman–Crippen MR) is 98.6 cm³/mol. The van der Waals surface area contributed by atoms with Gasteiger partial charge < -0.3 is 19.5 Å². The van der Waals surface area contributed by atoms with Crippen LogP contribution < -0.4 is 19.5 Å². The van der Waals surface area contributed by atoms with E-state index in [0.29, 0.717) is 23.7 Å². The Kier molecular flexibility index (Phi) is 4.12. The molecule has 4 rings (SSSR count). The van der Waals surface area contributed by atoms with Crippen molar-refractivity contribution < 1.29 is 19.0 Å². The SMILES string of the molecule is COc1cc([C@@H]2CC(=O)Nc3ccc4nsnc4c32)cc(OC)c1OC. The van der Waals surface area contributed by atoms with Crippen LogP contribution in [0.2, 0.25) is 0 Å². The van der Waals surface area contributed by atoms with Crippen LogP contribution in [0.25, 0.3) is 11.0 Å². The van der Waals surface area contributed by atoms with Gasteiger partial charge in [-0.15, -0.1) is 0 Å². The Morgan fingerprint density at radius 3 is 2.46 bits per heavy atom. The number of nitrogens with zero attached hydrogens (tertiary/aromatic N) is 2. The number of fused-ring (bicyclic) bond motifs is 3. The highest BCUT2D eigenvalue weighted by Crippen LogP contribution is 2.46. The van der Waals surface area contributed by atoms with E-state index in [4.69, 9.17) is 14.2 Å². The highest BCUT2D eigenvalue weighted by molar-refractivity contribution is 7.00. The molecule has 7 nitrogen and oxygen atoms in total. The Balaban J connectivity index is 1.94. The first-order valence-electron chi connectivity index (χ1n) is 8.01. The summed E-state index contributed by atoms with van der Waals surface area (Å²) in [7, 11) is 4.71. The number of anilines is 1. The van der Waals surface area contributed by atoms with Gasteiger partial charge in [-0.3, -0.25) is 4.79 Å². The van der Waals surface area contributed by atoms with Crippen LogP contribution in [0.5, 0.6) is 17.2 Å². The molecule has 0 aliphatic carbocycles. The van der Waals surface area contributed by atoms with Gasteiger partial charge in [0.05, 0.1) is 33.1 Å². The summed E-state index contributed by atoms with van der Waals surface area (Å²) in [6.07, 6.45) is 0.308. The van der Waals surface area contributed by atoms with E-state index in [9.17, 15) is 4.79 Å². The second-order valence-electron chi connectivity index (χ2n) is 5.92. The lowest BCUT2D eigenvalue weighted by atomic mass is 9.83. The lowest BCUT2D eigenvalue weighted by molar-refractivity contribution is -0.116. The van der Waals surface area contributed by atoms with Crippen LogP contribution in [-0.4, -0.2) is 36.0 Å². The summed E-state index contributed by atoms with van der Waals surface area (Å²) < 4.78 is 25.1. The number of methoxy groups -OCH3 is 3. The summed E-state index contributed by atoms with van der Waals surface area (Å²) in [4.78, 5) is 12.3. The largest absolute Gasteiger partial charge is 0.493 e. The molecule has 1 aliphatic heterocycles. The molecular weight excluding hydrogens is 354 g/mol. The van der Waals surface area contributed by atoms with E-state index in [1.54, 1.807) is 21.3 Å². The average Bonchev–Trinajstić information content (AvgIpc) is 3.14. The smallest absolute Gasteiger partial charge is 0.225 e. The van der Waals surface area contributed by atoms with E-state index in [2.05, 4.69) is 14.1 Å². The van der Waals surface area contributed by atoms with Crippen molar-refractivity contribution in [3.05, 3.63) is 35.4 Å². The number of amides is 1. The molecule has 1 aromatic heterocycles. The van der Waals surface area contributed by atoms with Crippen molar-refractivity contribution in [2.75, 3.05) is 26.6 Å². The van der Waals surface area contributed by atoms with Crippen molar-refractivity contribution in [2.45, 2.75) is 12.3 Å². The van der Waals surface area contributed by atoms with Crippen LogP contribution in [0.15, 0.2) is 24.3 Å². The molecule has 2 heterocycles. The lowest BCUT2D eigenvalue weighted by Crippen LogP contribution is -2.24. The van der Waals surface area contributed by atoms with Gasteiger partial charge in [0.15, 0.2) is 11.5 Å². The van der Waals surface area contributed by atoms with E-state index in [0.717, 1.165) is 39.6 Å². The number of ether oxygens (including phenoxy) is 3. The van der Waals surface area contributed by atoms with Crippen molar-refractivity contribution in [3.63, 3.8) is 0 Å². The van der Waals surface area contributed by atoms with Crippen molar-refractivity contribution in [3.8, 4) is 17.2 Å². The van der Waals surface area contributed by atoms with Crippen LogP contribution in [0.3, 0.4) is 0 Å². The molecule has 26 heavy (non-hydrogen) atoms. The summed E-state index contributed by atoms with van der Waals surface area (Å²) in [5.74, 6) is 1.41. The van der Waals surface area contributed by atoms with Gasteiger partial charge in [0.1, 0.15) is 11.0 Å². The summed E-state index contributed by atoms with van der Waals surface area (Å²) >= 11 is 1.16. The fourth-order valence-corrected chi connectivity index (χ4v) is 3.96. The van der Waals surface area contributed by atoms with Crippen molar-refractivity contribution in [2.24, 2.45) is 0 Å². The number of hydrogen-bond donors (Lipinski definition) is 1. The van der Waals surface area contributed by atoms with E-state index >= 15 is 0 Å². The quantitative estimate of drug-likeness (QED) is 0.758. The van der Waals surface area contributed by atoms with E-state index < -0.39 is 0 Å². The van der Waals surface area contributed by atoms with Crippen molar-refractivity contribution >= 4 is 34.4 Å². The number of aromatic nitrogens is 2. The van der Waals surface area contributed by atoms with Gasteiger partial charge in [0, 0.05) is 23.6 Å². The highest BCUT2D eigenvalue weighted by atomic mass is 32.1. The van der Waals surface area contributed by atoms with Crippen LogP contribution in [0.1, 0.15) is 23.5 Å². The van der Waals surface area contributed by atoms with Crippen LogP contribution in [-0.2, 0) is 4.79 Å². The van der Waals surface area contributed by atoms with Gasteiger partial charge in [-0.05, 0) is 29.8 Å². The van der Waals surface area contributed by atoms with Gasteiger partial charge in [0.25, 0.3) is 0 Å². The Hall–Kier alpha value is -2.87. The summed E-state index contributed by atoms with van der Waals surface area (Å²) in [6.45, 7) is 0. The molecule has 0 unspecified atom stereocenters. The molecule has 0 radical (unpaired) electrons. The molecular formula is C18H17N3O4S. The molecule has 1 N–H and O–H groups in total. The first-order chi connectivity index (χ1) is 12.7. The van der Waals surface area contributed by atoms with Crippen molar-refractivity contribution in [1.29, 1.82) is 0 Å². The molecule has 2 aromatic carbocycles. The molecule has 0 saturated carbocycles. The Morgan fingerprint density at radius 1 is 1.08 bits per heavy atom. The minimum absolute atomic E-state index is 0.0428. The molecule has 1 aliphatic rings. The maximum absolute atomic E-state index is 12.3. The predicted octanol–water partition coefficient (Wildman–Crippen LogP) is 3.19. The molecule has 0 spiro atoms. The van der Waals surface area contributed by atoms with Crippen LogP contribution >= 0.6 is 11.7 Å². The van der Waals surface area contributed by atoms with Gasteiger partial charge in [0.2, 0.25) is 11.7 Å². The number of benzene rings is 2. The number of carbonyl (C=O) groups is 1. The van der Waals surface area contributed by atoms with Gasteiger partial charge >= 0.3 is 0 Å². The average molecular weight is 371 g/mol. The van der Waals surface area contributed by atoms with Gasteiger partial charge in [-0.25, -0.2) is 0 Å². The van der Waals surface area contributed by atoms with E-state index in [1.165, 1.54) is 0 Å². The second kappa shape index (κ2) is 6.45. The normalized spacial score (nSPS) is 16.1. The molecule has 0 bridgehead atoms.